The van der Waals surface area contributed by atoms with E-state index in [1.165, 1.54) is 0 Å². The van der Waals surface area contributed by atoms with E-state index in [1.807, 2.05) is 58.4 Å². The molecule has 28 heavy (non-hydrogen) atoms. The number of nitrogens with one attached hydrogen (secondary N) is 1. The highest BCUT2D eigenvalue weighted by Crippen LogP contribution is 2.25. The zero-order chi connectivity index (χ0) is 19.1. The SMILES string of the molecule is N#Cc1ccc(-n2ncc3c2CCN(C(=O)c2cccc4[nH]ccc24)C3)cc1. The van der Waals surface area contributed by atoms with E-state index in [0.717, 1.165) is 39.8 Å². The molecule has 0 spiro atoms. The molecule has 1 aliphatic heterocycles. The number of carbonyl (C=O) groups excluding carboxylic acids is 1. The first-order valence-corrected chi connectivity index (χ1v) is 9.16. The molecule has 0 unspecified atom stereocenters. The quantitative estimate of drug-likeness (QED) is 0.590. The number of rotatable bonds is 2. The van der Waals surface area contributed by atoms with Crippen molar-refractivity contribution >= 4 is 16.8 Å². The molecule has 0 saturated heterocycles. The largest absolute Gasteiger partial charge is 0.361 e. The van der Waals surface area contributed by atoms with Crippen LogP contribution < -0.4 is 0 Å². The van der Waals surface area contributed by atoms with Crippen LogP contribution in [0.2, 0.25) is 0 Å². The van der Waals surface area contributed by atoms with Crippen LogP contribution in [0.5, 0.6) is 0 Å². The number of hydrogen-bond acceptors (Lipinski definition) is 3. The molecular formula is C22H17N5O. The summed E-state index contributed by atoms with van der Waals surface area (Å²) in [5.74, 6) is 0.0435. The zero-order valence-electron chi connectivity index (χ0n) is 15.1. The summed E-state index contributed by atoms with van der Waals surface area (Å²) in [6.07, 6.45) is 4.44. The summed E-state index contributed by atoms with van der Waals surface area (Å²) < 4.78 is 1.91. The molecule has 2 aromatic heterocycles. The average Bonchev–Trinajstić information content (AvgIpc) is 3.39. The Hall–Kier alpha value is -3.85. The number of nitriles is 1. The van der Waals surface area contributed by atoms with E-state index in [1.54, 1.807) is 12.1 Å². The summed E-state index contributed by atoms with van der Waals surface area (Å²) in [6.45, 7) is 1.19. The van der Waals surface area contributed by atoms with Crippen LogP contribution in [0.15, 0.2) is 60.9 Å². The van der Waals surface area contributed by atoms with Crippen molar-refractivity contribution < 1.29 is 4.79 Å². The summed E-state index contributed by atoms with van der Waals surface area (Å²) in [5, 5.41) is 14.4. The molecule has 6 nitrogen and oxygen atoms in total. The molecule has 1 aliphatic rings. The van der Waals surface area contributed by atoms with Crippen molar-refractivity contribution in [2.75, 3.05) is 6.54 Å². The van der Waals surface area contributed by atoms with Crippen LogP contribution in [0, 0.1) is 11.3 Å². The predicted octanol–water partition coefficient (Wildman–Crippen LogP) is 3.42. The number of aromatic amines is 1. The van der Waals surface area contributed by atoms with Gasteiger partial charge in [-0.3, -0.25) is 4.79 Å². The van der Waals surface area contributed by atoms with Crippen LogP contribution in [0.1, 0.15) is 27.2 Å². The maximum atomic E-state index is 13.1. The fraction of sp³-hybridized carbons (Fsp3) is 0.136. The molecule has 0 fully saturated rings. The smallest absolute Gasteiger partial charge is 0.254 e. The molecule has 1 N–H and O–H groups in total. The van der Waals surface area contributed by atoms with E-state index in [2.05, 4.69) is 16.2 Å². The minimum atomic E-state index is 0.0435. The maximum absolute atomic E-state index is 13.1. The molecule has 5 rings (SSSR count). The minimum Gasteiger partial charge on any atom is -0.361 e. The summed E-state index contributed by atoms with van der Waals surface area (Å²) in [7, 11) is 0. The second kappa shape index (κ2) is 6.39. The van der Waals surface area contributed by atoms with E-state index in [9.17, 15) is 4.79 Å². The van der Waals surface area contributed by atoms with Gasteiger partial charge in [0.1, 0.15) is 0 Å². The second-order valence-corrected chi connectivity index (χ2v) is 6.91. The van der Waals surface area contributed by atoms with Gasteiger partial charge >= 0.3 is 0 Å². The highest BCUT2D eigenvalue weighted by Gasteiger charge is 2.26. The van der Waals surface area contributed by atoms with Crippen molar-refractivity contribution in [3.8, 4) is 11.8 Å². The monoisotopic (exact) mass is 367 g/mol. The van der Waals surface area contributed by atoms with Crippen LogP contribution >= 0.6 is 0 Å². The highest BCUT2D eigenvalue weighted by atomic mass is 16.2. The number of carbonyl (C=O) groups is 1. The number of amides is 1. The second-order valence-electron chi connectivity index (χ2n) is 6.91. The van der Waals surface area contributed by atoms with Crippen LogP contribution in [0.3, 0.4) is 0 Å². The van der Waals surface area contributed by atoms with Crippen molar-refractivity contribution in [1.82, 2.24) is 19.7 Å². The van der Waals surface area contributed by atoms with Crippen LogP contribution in [-0.2, 0) is 13.0 Å². The Kier molecular flexibility index (Phi) is 3.73. The summed E-state index contributed by atoms with van der Waals surface area (Å²) in [6, 6.07) is 17.2. The lowest BCUT2D eigenvalue weighted by Gasteiger charge is -2.27. The van der Waals surface area contributed by atoms with E-state index in [4.69, 9.17) is 5.26 Å². The molecule has 0 saturated carbocycles. The molecule has 1 amide bonds. The first-order chi connectivity index (χ1) is 13.7. The summed E-state index contributed by atoms with van der Waals surface area (Å²) in [5.41, 5.74) is 5.43. The number of hydrogen-bond donors (Lipinski definition) is 1. The number of H-pyrrole nitrogens is 1. The van der Waals surface area contributed by atoms with Crippen LogP contribution in [-0.4, -0.2) is 32.1 Å². The van der Waals surface area contributed by atoms with Gasteiger partial charge in [0, 0.05) is 47.7 Å². The van der Waals surface area contributed by atoms with Gasteiger partial charge < -0.3 is 9.88 Å². The van der Waals surface area contributed by atoms with Gasteiger partial charge in [0.2, 0.25) is 0 Å². The third-order valence-electron chi connectivity index (χ3n) is 5.29. The molecule has 3 heterocycles. The Morgan fingerprint density at radius 2 is 2.00 bits per heavy atom. The van der Waals surface area contributed by atoms with E-state index in [-0.39, 0.29) is 5.91 Å². The van der Waals surface area contributed by atoms with Gasteiger partial charge in [0.05, 0.1) is 29.2 Å². The summed E-state index contributed by atoms with van der Waals surface area (Å²) in [4.78, 5) is 18.2. The molecule has 0 bridgehead atoms. The lowest BCUT2D eigenvalue weighted by molar-refractivity contribution is 0.0736. The van der Waals surface area contributed by atoms with Gasteiger partial charge in [-0.1, -0.05) is 6.07 Å². The van der Waals surface area contributed by atoms with Gasteiger partial charge in [-0.25, -0.2) is 4.68 Å². The van der Waals surface area contributed by atoms with Crippen molar-refractivity contribution in [1.29, 1.82) is 5.26 Å². The zero-order valence-corrected chi connectivity index (χ0v) is 15.1. The summed E-state index contributed by atoms with van der Waals surface area (Å²) >= 11 is 0. The normalized spacial score (nSPS) is 13.3. The number of benzene rings is 2. The van der Waals surface area contributed by atoms with E-state index < -0.39 is 0 Å². The van der Waals surface area contributed by atoms with Crippen molar-refractivity contribution in [2.24, 2.45) is 0 Å². The molecule has 0 radical (unpaired) electrons. The number of aromatic nitrogens is 3. The standard InChI is InChI=1S/C22H17N5O/c23-12-15-4-6-17(7-5-15)27-21-9-11-26(14-16(21)13-25-27)22(28)19-2-1-3-20-18(19)8-10-24-20/h1-8,10,13,24H,9,11,14H2. The lowest BCUT2D eigenvalue weighted by atomic mass is 10.0. The van der Waals surface area contributed by atoms with Gasteiger partial charge in [0.25, 0.3) is 5.91 Å². The topological polar surface area (TPSA) is 77.7 Å². The maximum Gasteiger partial charge on any atom is 0.254 e. The first-order valence-electron chi connectivity index (χ1n) is 9.16. The van der Waals surface area contributed by atoms with Gasteiger partial charge in [-0.05, 0) is 42.5 Å². The Bertz CT molecular complexity index is 1230. The average molecular weight is 367 g/mol. The van der Waals surface area contributed by atoms with Gasteiger partial charge in [0.15, 0.2) is 0 Å². The van der Waals surface area contributed by atoms with E-state index in [0.29, 0.717) is 18.7 Å². The lowest BCUT2D eigenvalue weighted by Crippen LogP contribution is -2.36. The fourth-order valence-corrected chi connectivity index (χ4v) is 3.85. The Morgan fingerprint density at radius 1 is 1.14 bits per heavy atom. The molecule has 0 aliphatic carbocycles. The third kappa shape index (κ3) is 2.57. The molecular weight excluding hydrogens is 350 g/mol. The molecule has 4 aromatic rings. The minimum absolute atomic E-state index is 0.0435. The first kappa shape index (κ1) is 16.3. The van der Waals surface area contributed by atoms with Crippen LogP contribution in [0.25, 0.3) is 16.6 Å². The van der Waals surface area contributed by atoms with Gasteiger partial charge in [-0.2, -0.15) is 10.4 Å². The van der Waals surface area contributed by atoms with E-state index >= 15 is 0 Å². The Morgan fingerprint density at radius 3 is 2.82 bits per heavy atom. The molecule has 6 heteroatoms. The van der Waals surface area contributed by atoms with Crippen molar-refractivity contribution in [3.05, 3.63) is 83.3 Å². The predicted molar refractivity (Wildman–Crippen MR) is 105 cm³/mol. The molecule has 0 atom stereocenters. The van der Waals surface area contributed by atoms with Crippen LogP contribution in [0.4, 0.5) is 0 Å². The highest BCUT2D eigenvalue weighted by molar-refractivity contribution is 6.06. The molecule has 136 valence electrons. The fourth-order valence-electron chi connectivity index (χ4n) is 3.85. The number of nitrogens with zero attached hydrogens (tertiary/aromatic N) is 4. The number of fused-ring (bicyclic) bond motifs is 2. The Labute approximate surface area is 161 Å². The van der Waals surface area contributed by atoms with Gasteiger partial charge in [-0.15, -0.1) is 0 Å². The van der Waals surface area contributed by atoms with Crippen molar-refractivity contribution in [3.63, 3.8) is 0 Å². The molecule has 2 aromatic carbocycles. The third-order valence-corrected chi connectivity index (χ3v) is 5.29. The Balaban J connectivity index is 1.43. The van der Waals surface area contributed by atoms with Crippen molar-refractivity contribution in [2.45, 2.75) is 13.0 Å².